The van der Waals surface area contributed by atoms with E-state index in [0.29, 0.717) is 17.9 Å². The highest BCUT2D eigenvalue weighted by molar-refractivity contribution is 5.94. The van der Waals surface area contributed by atoms with Crippen LogP contribution in [0.3, 0.4) is 0 Å². The number of aliphatic hydroxyl groups excluding tert-OH is 1. The van der Waals surface area contributed by atoms with Crippen molar-refractivity contribution in [1.82, 2.24) is 5.32 Å². The fourth-order valence-electron chi connectivity index (χ4n) is 3.01. The summed E-state index contributed by atoms with van der Waals surface area (Å²) in [5, 5.41) is 22.8. The van der Waals surface area contributed by atoms with Gasteiger partial charge in [-0.3, -0.25) is 4.79 Å². The molecule has 0 aromatic heterocycles. The van der Waals surface area contributed by atoms with Crippen molar-refractivity contribution in [2.24, 2.45) is 5.92 Å². The normalized spacial score (nSPS) is 18.2. The van der Waals surface area contributed by atoms with Gasteiger partial charge in [0.25, 0.3) is 5.91 Å². The Hall–Kier alpha value is -1.59. The molecule has 1 unspecified atom stereocenters. The average Bonchev–Trinajstić information content (AvgIpc) is 2.59. The van der Waals surface area contributed by atoms with Crippen molar-refractivity contribution < 1.29 is 15.0 Å². The summed E-state index contributed by atoms with van der Waals surface area (Å²) in [7, 11) is 0. The van der Waals surface area contributed by atoms with E-state index in [2.05, 4.69) is 24.1 Å². The molecule has 1 fully saturated rings. The Morgan fingerprint density at radius 3 is 2.44 bits per heavy atom. The minimum Gasteiger partial charge on any atom is -0.393 e. The standard InChI is InChI=1S/C20H32N2O3/c1-15(2)8-11-20(3,25)14-21-19(24)16-4-6-17(7-5-16)22-12-9-18(23)10-13-22/h4-7,15,18,23,25H,8-14H2,1-3H3,(H,21,24). The number of hydrogen-bond donors (Lipinski definition) is 3. The smallest absolute Gasteiger partial charge is 0.251 e. The summed E-state index contributed by atoms with van der Waals surface area (Å²) < 4.78 is 0. The largest absolute Gasteiger partial charge is 0.393 e. The molecule has 5 nitrogen and oxygen atoms in total. The third-order valence-corrected chi connectivity index (χ3v) is 4.85. The lowest BCUT2D eigenvalue weighted by molar-refractivity contribution is 0.0429. The molecule has 1 aliphatic heterocycles. The van der Waals surface area contributed by atoms with E-state index in [0.717, 1.165) is 38.0 Å². The van der Waals surface area contributed by atoms with E-state index in [1.54, 1.807) is 6.92 Å². The summed E-state index contributed by atoms with van der Waals surface area (Å²) in [6, 6.07) is 7.53. The minimum absolute atomic E-state index is 0.162. The number of anilines is 1. The zero-order valence-corrected chi connectivity index (χ0v) is 15.7. The number of hydrogen-bond acceptors (Lipinski definition) is 4. The Kier molecular flexibility index (Phi) is 6.85. The Bertz CT molecular complexity index is 547. The van der Waals surface area contributed by atoms with Crippen LogP contribution in [-0.4, -0.2) is 47.5 Å². The van der Waals surface area contributed by atoms with Crippen LogP contribution < -0.4 is 10.2 Å². The molecule has 0 saturated carbocycles. The second-order valence-corrected chi connectivity index (χ2v) is 7.88. The van der Waals surface area contributed by atoms with E-state index in [-0.39, 0.29) is 18.6 Å². The lowest BCUT2D eigenvalue weighted by Gasteiger charge is -2.31. The average molecular weight is 348 g/mol. The lowest BCUT2D eigenvalue weighted by Crippen LogP contribution is -2.40. The van der Waals surface area contributed by atoms with Gasteiger partial charge < -0.3 is 20.4 Å². The maximum absolute atomic E-state index is 12.3. The molecule has 5 heteroatoms. The second kappa shape index (κ2) is 8.68. The Labute approximate surface area is 151 Å². The van der Waals surface area contributed by atoms with Crippen LogP contribution in [0.1, 0.15) is 56.8 Å². The number of nitrogens with one attached hydrogen (secondary N) is 1. The van der Waals surface area contributed by atoms with Gasteiger partial charge in [-0.25, -0.2) is 0 Å². The molecule has 0 spiro atoms. The van der Waals surface area contributed by atoms with Gasteiger partial charge in [0.2, 0.25) is 0 Å². The fraction of sp³-hybridized carbons (Fsp3) is 0.650. The third-order valence-electron chi connectivity index (χ3n) is 4.85. The van der Waals surface area contributed by atoms with Gasteiger partial charge in [-0.05, 0) is 62.8 Å². The van der Waals surface area contributed by atoms with E-state index in [9.17, 15) is 15.0 Å². The molecule has 1 aromatic carbocycles. The zero-order valence-electron chi connectivity index (χ0n) is 15.7. The first-order valence-corrected chi connectivity index (χ1v) is 9.30. The lowest BCUT2D eigenvalue weighted by atomic mass is 9.95. The summed E-state index contributed by atoms with van der Waals surface area (Å²) in [5.74, 6) is 0.371. The summed E-state index contributed by atoms with van der Waals surface area (Å²) >= 11 is 0. The Balaban J connectivity index is 1.85. The first-order chi connectivity index (χ1) is 11.8. The van der Waals surface area contributed by atoms with Gasteiger partial charge >= 0.3 is 0 Å². The molecule has 25 heavy (non-hydrogen) atoms. The van der Waals surface area contributed by atoms with Gasteiger partial charge in [-0.2, -0.15) is 0 Å². The SMILES string of the molecule is CC(C)CCC(C)(O)CNC(=O)c1ccc(N2CCC(O)CC2)cc1. The topological polar surface area (TPSA) is 72.8 Å². The molecule has 2 rings (SSSR count). The zero-order chi connectivity index (χ0) is 18.4. The van der Waals surface area contributed by atoms with Gasteiger partial charge in [-0.1, -0.05) is 13.8 Å². The molecule has 1 amide bonds. The predicted octanol–water partition coefficient (Wildman–Crippen LogP) is 2.56. The maximum Gasteiger partial charge on any atom is 0.251 e. The number of amides is 1. The number of carbonyl (C=O) groups is 1. The molecule has 1 atom stereocenters. The second-order valence-electron chi connectivity index (χ2n) is 7.88. The van der Waals surface area contributed by atoms with Gasteiger partial charge in [-0.15, -0.1) is 0 Å². The monoisotopic (exact) mass is 348 g/mol. The van der Waals surface area contributed by atoms with Crippen molar-refractivity contribution in [1.29, 1.82) is 0 Å². The van der Waals surface area contributed by atoms with E-state index < -0.39 is 5.60 Å². The highest BCUT2D eigenvalue weighted by Crippen LogP contribution is 2.21. The number of benzene rings is 1. The Morgan fingerprint density at radius 2 is 1.88 bits per heavy atom. The number of carbonyl (C=O) groups excluding carboxylic acids is 1. The summed E-state index contributed by atoms with van der Waals surface area (Å²) in [4.78, 5) is 14.5. The quantitative estimate of drug-likeness (QED) is 0.708. The molecule has 1 aliphatic rings. The number of rotatable bonds is 7. The summed E-state index contributed by atoms with van der Waals surface area (Å²) in [6.07, 6.45) is 2.98. The van der Waals surface area contributed by atoms with Crippen LogP contribution in [0.15, 0.2) is 24.3 Å². The number of nitrogens with zero attached hydrogens (tertiary/aromatic N) is 1. The van der Waals surface area contributed by atoms with E-state index >= 15 is 0 Å². The highest BCUT2D eigenvalue weighted by atomic mass is 16.3. The van der Waals surface area contributed by atoms with E-state index in [1.807, 2.05) is 24.3 Å². The van der Waals surface area contributed by atoms with Gasteiger partial charge in [0.15, 0.2) is 0 Å². The molecule has 0 radical (unpaired) electrons. The van der Waals surface area contributed by atoms with E-state index in [4.69, 9.17) is 0 Å². The highest BCUT2D eigenvalue weighted by Gasteiger charge is 2.22. The molecular formula is C20H32N2O3. The molecule has 0 bridgehead atoms. The van der Waals surface area contributed by atoms with Crippen LogP contribution in [0.25, 0.3) is 0 Å². The van der Waals surface area contributed by atoms with Gasteiger partial charge in [0.05, 0.1) is 11.7 Å². The van der Waals surface area contributed by atoms with Crippen molar-refractivity contribution in [3.05, 3.63) is 29.8 Å². The summed E-state index contributed by atoms with van der Waals surface area (Å²) in [5.41, 5.74) is 0.793. The number of piperidine rings is 1. The van der Waals surface area contributed by atoms with Gasteiger partial charge in [0.1, 0.15) is 0 Å². The van der Waals surface area contributed by atoms with Crippen molar-refractivity contribution in [2.75, 3.05) is 24.5 Å². The molecule has 1 aromatic rings. The van der Waals surface area contributed by atoms with Crippen LogP contribution in [0, 0.1) is 5.92 Å². The molecule has 1 heterocycles. The van der Waals surface area contributed by atoms with Crippen molar-refractivity contribution in [2.45, 2.75) is 58.2 Å². The van der Waals surface area contributed by atoms with Crippen LogP contribution in [0.5, 0.6) is 0 Å². The number of aliphatic hydroxyl groups is 2. The molecule has 0 aliphatic carbocycles. The molecule has 1 saturated heterocycles. The van der Waals surface area contributed by atoms with Gasteiger partial charge in [0, 0.05) is 30.9 Å². The minimum atomic E-state index is -0.880. The van der Waals surface area contributed by atoms with Crippen LogP contribution in [0.2, 0.25) is 0 Å². The fourth-order valence-corrected chi connectivity index (χ4v) is 3.01. The maximum atomic E-state index is 12.3. The first-order valence-electron chi connectivity index (χ1n) is 9.30. The van der Waals surface area contributed by atoms with Crippen LogP contribution in [-0.2, 0) is 0 Å². The van der Waals surface area contributed by atoms with Crippen molar-refractivity contribution >= 4 is 11.6 Å². The third kappa shape index (κ3) is 6.33. The Morgan fingerprint density at radius 1 is 1.28 bits per heavy atom. The van der Waals surface area contributed by atoms with Crippen LogP contribution >= 0.6 is 0 Å². The summed E-state index contributed by atoms with van der Waals surface area (Å²) in [6.45, 7) is 7.95. The van der Waals surface area contributed by atoms with Crippen molar-refractivity contribution in [3.63, 3.8) is 0 Å². The van der Waals surface area contributed by atoms with Crippen LogP contribution in [0.4, 0.5) is 5.69 Å². The predicted molar refractivity (Wildman–Crippen MR) is 101 cm³/mol. The first kappa shape index (κ1) is 19.7. The van der Waals surface area contributed by atoms with E-state index in [1.165, 1.54) is 0 Å². The molecular weight excluding hydrogens is 316 g/mol. The molecule has 140 valence electrons. The van der Waals surface area contributed by atoms with Crippen molar-refractivity contribution in [3.8, 4) is 0 Å². The molecule has 3 N–H and O–H groups in total.